The molecule has 1 aromatic rings. The summed E-state index contributed by atoms with van der Waals surface area (Å²) < 4.78 is 37.9. The highest BCUT2D eigenvalue weighted by atomic mass is 32.2. The van der Waals surface area contributed by atoms with E-state index >= 15 is 0 Å². The van der Waals surface area contributed by atoms with E-state index in [1.807, 2.05) is 6.92 Å². The first-order chi connectivity index (χ1) is 6.99. The Bertz CT molecular complexity index is 331. The van der Waals surface area contributed by atoms with Crippen molar-refractivity contribution in [1.29, 1.82) is 0 Å². The van der Waals surface area contributed by atoms with Crippen molar-refractivity contribution < 1.29 is 13.2 Å². The topological polar surface area (TPSA) is 0 Å². The van der Waals surface area contributed by atoms with Crippen molar-refractivity contribution in [3.8, 4) is 0 Å². The van der Waals surface area contributed by atoms with E-state index in [-0.39, 0.29) is 0 Å². The van der Waals surface area contributed by atoms with Gasteiger partial charge in [-0.1, -0.05) is 19.4 Å². The average Bonchev–Trinajstić information content (AvgIpc) is 2.17. The molecule has 0 N–H and O–H groups in total. The Labute approximate surface area is 91.9 Å². The summed E-state index contributed by atoms with van der Waals surface area (Å²) in [5.41, 5.74) is 0.239. The number of hydrogen-bond donors (Lipinski definition) is 0. The molecule has 0 unspecified atom stereocenters. The molecule has 0 aliphatic heterocycles. The molecule has 0 atom stereocenters. The standard InChI is InChI=1S/C11H13F3S/c1-3-4-8-5-6-10(15-2)9(7-8)11(12,13)14/h5-7H,3-4H2,1-2H3. The lowest BCUT2D eigenvalue weighted by atomic mass is 10.1. The fourth-order valence-electron chi connectivity index (χ4n) is 1.42. The lowest BCUT2D eigenvalue weighted by molar-refractivity contribution is -0.139. The van der Waals surface area contributed by atoms with Crippen LogP contribution in [0.4, 0.5) is 13.2 Å². The minimum atomic E-state index is -4.25. The van der Waals surface area contributed by atoms with Crippen LogP contribution in [0.3, 0.4) is 0 Å². The van der Waals surface area contributed by atoms with Gasteiger partial charge in [-0.3, -0.25) is 0 Å². The van der Waals surface area contributed by atoms with Crippen molar-refractivity contribution in [3.05, 3.63) is 29.3 Å². The first kappa shape index (κ1) is 12.4. The van der Waals surface area contributed by atoms with Gasteiger partial charge in [0, 0.05) is 4.90 Å². The predicted molar refractivity (Wildman–Crippen MR) is 57.2 cm³/mol. The van der Waals surface area contributed by atoms with Crippen LogP contribution >= 0.6 is 11.8 Å². The monoisotopic (exact) mass is 234 g/mol. The molecule has 0 aliphatic rings. The average molecular weight is 234 g/mol. The Morgan fingerprint density at radius 3 is 2.40 bits per heavy atom. The summed E-state index contributed by atoms with van der Waals surface area (Å²) in [6, 6.07) is 4.58. The van der Waals surface area contributed by atoms with Crippen LogP contribution in [0.5, 0.6) is 0 Å². The van der Waals surface area contributed by atoms with Crippen LogP contribution in [0.15, 0.2) is 23.1 Å². The SMILES string of the molecule is CCCc1ccc(SC)c(C(F)(F)F)c1. The lowest BCUT2D eigenvalue weighted by Crippen LogP contribution is -2.07. The summed E-state index contributed by atoms with van der Waals surface area (Å²) in [4.78, 5) is 0.294. The number of halogens is 3. The highest BCUT2D eigenvalue weighted by Crippen LogP contribution is 2.36. The minimum absolute atomic E-state index is 0.294. The molecule has 0 bridgehead atoms. The van der Waals surface area contributed by atoms with Crippen LogP contribution in [0.2, 0.25) is 0 Å². The molecule has 0 spiro atoms. The molecule has 0 aromatic heterocycles. The maximum Gasteiger partial charge on any atom is 0.417 e. The summed E-state index contributed by atoms with van der Waals surface area (Å²) in [5, 5.41) is 0. The molecule has 0 radical (unpaired) electrons. The molecule has 4 heteroatoms. The fourth-order valence-corrected chi connectivity index (χ4v) is 2.02. The van der Waals surface area contributed by atoms with Crippen LogP contribution in [-0.4, -0.2) is 6.26 Å². The normalized spacial score (nSPS) is 11.8. The second-order valence-corrected chi connectivity index (χ2v) is 4.13. The molecule has 15 heavy (non-hydrogen) atoms. The third-order valence-electron chi connectivity index (χ3n) is 2.11. The maximum atomic E-state index is 12.6. The Morgan fingerprint density at radius 1 is 1.27 bits per heavy atom. The molecular formula is C11H13F3S. The van der Waals surface area contributed by atoms with Gasteiger partial charge in [-0.05, 0) is 30.4 Å². The van der Waals surface area contributed by atoms with E-state index in [0.29, 0.717) is 11.3 Å². The van der Waals surface area contributed by atoms with Crippen LogP contribution in [0.25, 0.3) is 0 Å². The Balaban J connectivity index is 3.13. The van der Waals surface area contributed by atoms with E-state index in [2.05, 4.69) is 0 Å². The Kier molecular flexibility index (Phi) is 4.08. The van der Waals surface area contributed by atoms with E-state index in [1.165, 1.54) is 6.07 Å². The minimum Gasteiger partial charge on any atom is -0.166 e. The van der Waals surface area contributed by atoms with Crippen LogP contribution < -0.4 is 0 Å². The number of alkyl halides is 3. The highest BCUT2D eigenvalue weighted by molar-refractivity contribution is 7.98. The van der Waals surface area contributed by atoms with Gasteiger partial charge >= 0.3 is 6.18 Å². The van der Waals surface area contributed by atoms with Gasteiger partial charge in [0.15, 0.2) is 0 Å². The lowest BCUT2D eigenvalue weighted by Gasteiger charge is -2.12. The summed E-state index contributed by atoms with van der Waals surface area (Å²) in [6.45, 7) is 1.95. The third-order valence-corrected chi connectivity index (χ3v) is 2.90. The quantitative estimate of drug-likeness (QED) is 0.699. The van der Waals surface area contributed by atoms with Gasteiger partial charge in [-0.25, -0.2) is 0 Å². The van der Waals surface area contributed by atoms with Crippen molar-refractivity contribution in [2.45, 2.75) is 30.8 Å². The summed E-state index contributed by atoms with van der Waals surface area (Å²) in [5.74, 6) is 0. The Morgan fingerprint density at radius 2 is 1.93 bits per heavy atom. The molecule has 0 saturated heterocycles. The van der Waals surface area contributed by atoms with Gasteiger partial charge in [0.2, 0.25) is 0 Å². The molecule has 0 amide bonds. The molecular weight excluding hydrogens is 221 g/mol. The van der Waals surface area contributed by atoms with Gasteiger partial charge in [0.1, 0.15) is 0 Å². The number of benzene rings is 1. The first-order valence-corrected chi connectivity index (χ1v) is 5.95. The molecule has 0 nitrogen and oxygen atoms in total. The van der Waals surface area contributed by atoms with Crippen molar-refractivity contribution >= 4 is 11.8 Å². The molecule has 0 heterocycles. The van der Waals surface area contributed by atoms with Crippen molar-refractivity contribution in [2.75, 3.05) is 6.26 Å². The van der Waals surface area contributed by atoms with Crippen LogP contribution in [-0.2, 0) is 12.6 Å². The molecule has 1 aromatic carbocycles. The van der Waals surface area contributed by atoms with E-state index < -0.39 is 11.7 Å². The fraction of sp³-hybridized carbons (Fsp3) is 0.455. The number of aryl methyl sites for hydroxylation is 1. The smallest absolute Gasteiger partial charge is 0.166 e. The zero-order valence-corrected chi connectivity index (χ0v) is 9.50. The van der Waals surface area contributed by atoms with Crippen molar-refractivity contribution in [1.82, 2.24) is 0 Å². The van der Waals surface area contributed by atoms with Crippen molar-refractivity contribution in [3.63, 3.8) is 0 Å². The first-order valence-electron chi connectivity index (χ1n) is 4.73. The highest BCUT2D eigenvalue weighted by Gasteiger charge is 2.33. The Hall–Kier alpha value is -0.640. The second kappa shape index (κ2) is 4.92. The number of thioether (sulfide) groups is 1. The van der Waals surface area contributed by atoms with E-state index in [0.717, 1.165) is 23.7 Å². The van der Waals surface area contributed by atoms with Gasteiger partial charge in [0.05, 0.1) is 5.56 Å². The molecule has 0 saturated carbocycles. The zero-order valence-electron chi connectivity index (χ0n) is 8.69. The maximum absolute atomic E-state index is 12.6. The molecule has 84 valence electrons. The summed E-state index contributed by atoms with van der Waals surface area (Å²) in [6.07, 6.45) is -1.04. The van der Waals surface area contributed by atoms with Crippen LogP contribution in [0, 0.1) is 0 Å². The van der Waals surface area contributed by atoms with E-state index in [4.69, 9.17) is 0 Å². The van der Waals surface area contributed by atoms with Crippen molar-refractivity contribution in [2.24, 2.45) is 0 Å². The predicted octanol–water partition coefficient (Wildman–Crippen LogP) is 4.38. The van der Waals surface area contributed by atoms with E-state index in [1.54, 1.807) is 18.4 Å². The van der Waals surface area contributed by atoms with Gasteiger partial charge in [0.25, 0.3) is 0 Å². The molecule has 0 fully saturated rings. The largest absolute Gasteiger partial charge is 0.417 e. The summed E-state index contributed by atoms with van der Waals surface area (Å²) in [7, 11) is 0. The molecule has 0 aliphatic carbocycles. The second-order valence-electron chi connectivity index (χ2n) is 3.28. The number of rotatable bonds is 3. The number of hydrogen-bond acceptors (Lipinski definition) is 1. The summed E-state index contributed by atoms with van der Waals surface area (Å²) >= 11 is 1.13. The third kappa shape index (κ3) is 3.16. The van der Waals surface area contributed by atoms with Crippen LogP contribution in [0.1, 0.15) is 24.5 Å². The van der Waals surface area contributed by atoms with Gasteiger partial charge in [-0.15, -0.1) is 11.8 Å². The zero-order chi connectivity index (χ0) is 11.5. The molecule has 1 rings (SSSR count). The van der Waals surface area contributed by atoms with Gasteiger partial charge < -0.3 is 0 Å². The van der Waals surface area contributed by atoms with E-state index in [9.17, 15) is 13.2 Å². The van der Waals surface area contributed by atoms with Gasteiger partial charge in [-0.2, -0.15) is 13.2 Å².